The third kappa shape index (κ3) is 2.64. The molecule has 0 aliphatic heterocycles. The Bertz CT molecular complexity index is 337. The lowest BCUT2D eigenvalue weighted by Gasteiger charge is -2.14. The number of aryl methyl sites for hydroxylation is 1. The Morgan fingerprint density at radius 3 is 2.60 bits per heavy atom. The number of aliphatic hydroxyl groups is 1. The minimum absolute atomic E-state index is 0.110. The van der Waals surface area contributed by atoms with Gasteiger partial charge in [-0.05, 0) is 23.6 Å². The fourth-order valence-electron chi connectivity index (χ4n) is 1.55. The Labute approximate surface area is 95.8 Å². The van der Waals surface area contributed by atoms with Crippen LogP contribution in [0.25, 0.3) is 0 Å². The summed E-state index contributed by atoms with van der Waals surface area (Å²) in [6, 6.07) is 3.91. The van der Waals surface area contributed by atoms with E-state index in [0.29, 0.717) is 5.02 Å². The Morgan fingerprint density at radius 1 is 1.47 bits per heavy atom. The molecule has 1 N–H and O–H groups in total. The van der Waals surface area contributed by atoms with E-state index in [1.54, 1.807) is 7.11 Å². The molecule has 15 heavy (non-hydrogen) atoms. The van der Waals surface area contributed by atoms with E-state index in [0.717, 1.165) is 23.3 Å². The van der Waals surface area contributed by atoms with E-state index in [4.69, 9.17) is 21.4 Å². The van der Waals surface area contributed by atoms with Crippen LogP contribution in [-0.2, 0) is 6.42 Å². The molecule has 1 aromatic carbocycles. The first-order valence-corrected chi connectivity index (χ1v) is 5.49. The smallest absolute Gasteiger partial charge is 0.140 e. The molecule has 0 spiro atoms. The molecule has 1 aromatic rings. The van der Waals surface area contributed by atoms with Crippen LogP contribution in [0.2, 0.25) is 5.02 Å². The highest BCUT2D eigenvalue weighted by atomic mass is 35.5. The summed E-state index contributed by atoms with van der Waals surface area (Å²) in [6.07, 6.45) is 0.870. The molecule has 3 heteroatoms. The Kier molecular flexibility index (Phi) is 4.43. The summed E-state index contributed by atoms with van der Waals surface area (Å²) in [7, 11) is 1.62. The number of hydrogen-bond acceptors (Lipinski definition) is 2. The number of hydrogen-bond donors (Lipinski definition) is 1. The molecule has 0 heterocycles. The summed E-state index contributed by atoms with van der Waals surface area (Å²) in [5.41, 5.74) is 2.14. The van der Waals surface area contributed by atoms with Gasteiger partial charge in [0.25, 0.3) is 0 Å². The average molecular weight is 229 g/mol. The summed E-state index contributed by atoms with van der Waals surface area (Å²) in [5.74, 6) is 0.853. The third-order valence-electron chi connectivity index (χ3n) is 2.57. The summed E-state index contributed by atoms with van der Waals surface area (Å²) in [4.78, 5) is 0. The highest BCUT2D eigenvalue weighted by Crippen LogP contribution is 2.32. The van der Waals surface area contributed by atoms with E-state index in [2.05, 4.69) is 6.92 Å². The molecule has 1 atom stereocenters. The predicted molar refractivity (Wildman–Crippen MR) is 62.9 cm³/mol. The maximum Gasteiger partial charge on any atom is 0.140 e. The monoisotopic (exact) mass is 228 g/mol. The predicted octanol–water partition coefficient (Wildman–Crippen LogP) is 3.01. The van der Waals surface area contributed by atoms with Crippen molar-refractivity contribution in [2.24, 2.45) is 0 Å². The van der Waals surface area contributed by atoms with Crippen molar-refractivity contribution in [3.63, 3.8) is 0 Å². The number of ether oxygens (including phenoxy) is 1. The van der Waals surface area contributed by atoms with Gasteiger partial charge in [0.2, 0.25) is 0 Å². The maximum atomic E-state index is 9.09. The number of halogens is 1. The molecule has 0 fully saturated rings. The van der Waals surface area contributed by atoms with Crippen LogP contribution in [0.5, 0.6) is 5.75 Å². The maximum absolute atomic E-state index is 9.09. The topological polar surface area (TPSA) is 29.5 Å². The largest absolute Gasteiger partial charge is 0.495 e. The van der Waals surface area contributed by atoms with Crippen molar-refractivity contribution in [2.75, 3.05) is 13.7 Å². The van der Waals surface area contributed by atoms with Gasteiger partial charge < -0.3 is 9.84 Å². The van der Waals surface area contributed by atoms with Crippen LogP contribution in [0, 0.1) is 0 Å². The van der Waals surface area contributed by atoms with Gasteiger partial charge in [0.15, 0.2) is 0 Å². The standard InChI is InChI=1S/C12H17ClO2/c1-4-9-5-10(8(2)7-14)6-11(13)12(9)15-3/h5-6,8,14H,4,7H2,1-3H3. The molecule has 0 saturated carbocycles. The van der Waals surface area contributed by atoms with Crippen LogP contribution in [0.1, 0.15) is 30.9 Å². The summed E-state index contributed by atoms with van der Waals surface area (Å²) < 4.78 is 5.24. The van der Waals surface area contributed by atoms with Crippen LogP contribution in [-0.4, -0.2) is 18.8 Å². The van der Waals surface area contributed by atoms with Crippen molar-refractivity contribution in [3.05, 3.63) is 28.3 Å². The lowest BCUT2D eigenvalue weighted by atomic mass is 9.98. The SMILES string of the molecule is CCc1cc(C(C)CO)cc(Cl)c1OC. The first-order valence-electron chi connectivity index (χ1n) is 5.11. The third-order valence-corrected chi connectivity index (χ3v) is 2.85. The summed E-state index contributed by atoms with van der Waals surface area (Å²) >= 11 is 6.11. The van der Waals surface area contributed by atoms with E-state index in [-0.39, 0.29) is 12.5 Å². The van der Waals surface area contributed by atoms with Gasteiger partial charge in [-0.2, -0.15) is 0 Å². The van der Waals surface area contributed by atoms with Crippen LogP contribution >= 0.6 is 11.6 Å². The Hall–Kier alpha value is -0.730. The second-order valence-electron chi connectivity index (χ2n) is 3.63. The fraction of sp³-hybridized carbons (Fsp3) is 0.500. The van der Waals surface area contributed by atoms with Gasteiger partial charge in [0.05, 0.1) is 12.1 Å². The van der Waals surface area contributed by atoms with Crippen molar-refractivity contribution >= 4 is 11.6 Å². The molecule has 1 rings (SSSR count). The number of aliphatic hydroxyl groups excluding tert-OH is 1. The van der Waals surface area contributed by atoms with Crippen molar-refractivity contribution in [1.29, 1.82) is 0 Å². The Morgan fingerprint density at radius 2 is 2.13 bits per heavy atom. The highest BCUT2D eigenvalue weighted by Gasteiger charge is 2.12. The normalized spacial score (nSPS) is 12.6. The minimum Gasteiger partial charge on any atom is -0.495 e. The summed E-state index contributed by atoms with van der Waals surface area (Å²) in [6.45, 7) is 4.16. The van der Waals surface area contributed by atoms with Gasteiger partial charge in [-0.25, -0.2) is 0 Å². The molecule has 2 nitrogen and oxygen atoms in total. The van der Waals surface area contributed by atoms with Gasteiger partial charge in [0, 0.05) is 12.5 Å². The first kappa shape index (κ1) is 12.3. The van der Waals surface area contributed by atoms with Gasteiger partial charge in [0.1, 0.15) is 5.75 Å². The van der Waals surface area contributed by atoms with E-state index in [1.807, 2.05) is 19.1 Å². The molecule has 0 saturated heterocycles. The molecule has 0 aliphatic carbocycles. The van der Waals surface area contributed by atoms with Crippen molar-refractivity contribution in [2.45, 2.75) is 26.2 Å². The van der Waals surface area contributed by atoms with Gasteiger partial charge >= 0.3 is 0 Å². The van der Waals surface area contributed by atoms with Crippen molar-refractivity contribution < 1.29 is 9.84 Å². The zero-order valence-electron chi connectivity index (χ0n) is 9.38. The molecule has 0 aromatic heterocycles. The molecule has 84 valence electrons. The molecular formula is C12H17ClO2. The van der Waals surface area contributed by atoms with Crippen LogP contribution < -0.4 is 4.74 Å². The van der Waals surface area contributed by atoms with Crippen molar-refractivity contribution in [3.8, 4) is 5.75 Å². The van der Waals surface area contributed by atoms with E-state index >= 15 is 0 Å². The first-order chi connectivity index (χ1) is 7.13. The average Bonchev–Trinajstić information content (AvgIpc) is 2.26. The molecule has 0 radical (unpaired) electrons. The van der Waals surface area contributed by atoms with E-state index in [1.165, 1.54) is 0 Å². The lowest BCUT2D eigenvalue weighted by molar-refractivity contribution is 0.273. The molecule has 0 bridgehead atoms. The quantitative estimate of drug-likeness (QED) is 0.859. The number of methoxy groups -OCH3 is 1. The molecule has 0 aliphatic rings. The molecule has 0 amide bonds. The summed E-state index contributed by atoms with van der Waals surface area (Å²) in [5, 5.41) is 9.71. The van der Waals surface area contributed by atoms with E-state index < -0.39 is 0 Å². The van der Waals surface area contributed by atoms with Crippen molar-refractivity contribution in [1.82, 2.24) is 0 Å². The second-order valence-corrected chi connectivity index (χ2v) is 4.04. The zero-order chi connectivity index (χ0) is 11.4. The Balaban J connectivity index is 3.19. The van der Waals surface area contributed by atoms with Gasteiger partial charge in [-0.3, -0.25) is 0 Å². The fourth-order valence-corrected chi connectivity index (χ4v) is 1.88. The van der Waals surface area contributed by atoms with E-state index in [9.17, 15) is 0 Å². The van der Waals surface area contributed by atoms with Crippen LogP contribution in [0.4, 0.5) is 0 Å². The molecule has 1 unspecified atom stereocenters. The lowest BCUT2D eigenvalue weighted by Crippen LogP contribution is -2.01. The number of rotatable bonds is 4. The highest BCUT2D eigenvalue weighted by molar-refractivity contribution is 6.32. The van der Waals surface area contributed by atoms with Crippen LogP contribution in [0.3, 0.4) is 0 Å². The zero-order valence-corrected chi connectivity index (χ0v) is 10.1. The minimum atomic E-state index is 0.110. The second kappa shape index (κ2) is 5.38. The van der Waals surface area contributed by atoms with Crippen LogP contribution in [0.15, 0.2) is 12.1 Å². The van der Waals surface area contributed by atoms with Gasteiger partial charge in [-0.1, -0.05) is 31.5 Å². The number of benzene rings is 1. The van der Waals surface area contributed by atoms with Gasteiger partial charge in [-0.15, -0.1) is 0 Å². The molecular weight excluding hydrogens is 212 g/mol.